The molecule has 2 atom stereocenters. The Labute approximate surface area is 128 Å². The monoisotopic (exact) mass is 286 g/mol. The van der Waals surface area contributed by atoms with Crippen molar-refractivity contribution in [2.75, 3.05) is 20.6 Å². The SMILES string of the molecule is Cc1cc(C(C)NCC(c2ccccc2)N(C)C)c(C)o1. The molecule has 0 aliphatic carbocycles. The Balaban J connectivity index is 2.04. The van der Waals surface area contributed by atoms with Crippen LogP contribution in [-0.2, 0) is 0 Å². The Morgan fingerprint density at radius 2 is 1.81 bits per heavy atom. The lowest BCUT2D eigenvalue weighted by Gasteiger charge is -2.27. The Morgan fingerprint density at radius 1 is 1.14 bits per heavy atom. The fourth-order valence-corrected chi connectivity index (χ4v) is 2.75. The van der Waals surface area contributed by atoms with Crippen LogP contribution in [0.4, 0.5) is 0 Å². The van der Waals surface area contributed by atoms with Gasteiger partial charge in [-0.05, 0) is 46.5 Å². The van der Waals surface area contributed by atoms with Crippen molar-refractivity contribution >= 4 is 0 Å². The molecule has 0 fully saturated rings. The second-order valence-electron chi connectivity index (χ2n) is 5.89. The topological polar surface area (TPSA) is 28.4 Å². The first-order chi connectivity index (χ1) is 9.99. The normalized spacial score (nSPS) is 14.4. The van der Waals surface area contributed by atoms with Gasteiger partial charge in [0.25, 0.3) is 0 Å². The highest BCUT2D eigenvalue weighted by Crippen LogP contribution is 2.23. The fourth-order valence-electron chi connectivity index (χ4n) is 2.75. The van der Waals surface area contributed by atoms with Crippen LogP contribution in [0.2, 0.25) is 0 Å². The number of rotatable bonds is 6. The molecule has 0 aliphatic heterocycles. The number of hydrogen-bond acceptors (Lipinski definition) is 3. The zero-order chi connectivity index (χ0) is 15.4. The van der Waals surface area contributed by atoms with Crippen molar-refractivity contribution in [3.05, 3.63) is 59.0 Å². The molecule has 114 valence electrons. The molecule has 2 rings (SSSR count). The Morgan fingerprint density at radius 3 is 2.33 bits per heavy atom. The van der Waals surface area contributed by atoms with Gasteiger partial charge in [-0.15, -0.1) is 0 Å². The third kappa shape index (κ3) is 3.96. The third-order valence-electron chi connectivity index (χ3n) is 3.97. The minimum absolute atomic E-state index is 0.286. The van der Waals surface area contributed by atoms with Crippen LogP contribution in [-0.4, -0.2) is 25.5 Å². The van der Waals surface area contributed by atoms with E-state index >= 15 is 0 Å². The first kappa shape index (κ1) is 15.8. The van der Waals surface area contributed by atoms with Crippen molar-refractivity contribution in [3.63, 3.8) is 0 Å². The third-order valence-corrected chi connectivity index (χ3v) is 3.97. The molecule has 0 saturated carbocycles. The lowest BCUT2D eigenvalue weighted by molar-refractivity contribution is 0.281. The van der Waals surface area contributed by atoms with Crippen LogP contribution < -0.4 is 5.32 Å². The molecule has 3 heteroatoms. The number of benzene rings is 1. The second kappa shape index (κ2) is 6.92. The zero-order valence-corrected chi connectivity index (χ0v) is 13.7. The van der Waals surface area contributed by atoms with E-state index in [0.717, 1.165) is 18.1 Å². The molecule has 2 unspecified atom stereocenters. The zero-order valence-electron chi connectivity index (χ0n) is 13.7. The van der Waals surface area contributed by atoms with Crippen molar-refractivity contribution in [3.8, 4) is 0 Å². The van der Waals surface area contributed by atoms with Crippen LogP contribution in [0, 0.1) is 13.8 Å². The highest BCUT2D eigenvalue weighted by atomic mass is 16.3. The van der Waals surface area contributed by atoms with E-state index in [4.69, 9.17) is 4.42 Å². The smallest absolute Gasteiger partial charge is 0.105 e. The summed E-state index contributed by atoms with van der Waals surface area (Å²) in [6.45, 7) is 7.12. The standard InChI is InChI=1S/C18H26N2O/c1-13-11-17(15(3)21-13)14(2)19-12-18(20(4)5)16-9-7-6-8-10-16/h6-11,14,18-19H,12H2,1-5H3. The molecular formula is C18H26N2O. The molecule has 0 aliphatic rings. The van der Waals surface area contributed by atoms with Gasteiger partial charge in [-0.3, -0.25) is 0 Å². The van der Waals surface area contributed by atoms with E-state index in [1.54, 1.807) is 0 Å². The maximum Gasteiger partial charge on any atom is 0.105 e. The summed E-state index contributed by atoms with van der Waals surface area (Å²) >= 11 is 0. The molecule has 1 aromatic heterocycles. The molecule has 1 heterocycles. The second-order valence-corrected chi connectivity index (χ2v) is 5.89. The van der Waals surface area contributed by atoms with Gasteiger partial charge in [0, 0.05) is 24.2 Å². The van der Waals surface area contributed by atoms with Crippen molar-refractivity contribution in [2.24, 2.45) is 0 Å². The Kier molecular flexibility index (Phi) is 5.21. The summed E-state index contributed by atoms with van der Waals surface area (Å²) in [6.07, 6.45) is 0. The molecule has 3 nitrogen and oxygen atoms in total. The van der Waals surface area contributed by atoms with Crippen LogP contribution in [0.5, 0.6) is 0 Å². The average Bonchev–Trinajstić information content (AvgIpc) is 2.78. The lowest BCUT2D eigenvalue weighted by Crippen LogP contribution is -2.32. The van der Waals surface area contributed by atoms with Crippen molar-refractivity contribution in [2.45, 2.75) is 32.9 Å². The van der Waals surface area contributed by atoms with Crippen LogP contribution in [0.1, 0.15) is 41.7 Å². The van der Waals surface area contributed by atoms with Crippen molar-refractivity contribution in [1.82, 2.24) is 10.2 Å². The number of likely N-dealkylation sites (N-methyl/N-ethyl adjacent to an activating group) is 1. The predicted octanol–water partition coefficient (Wildman–Crippen LogP) is 3.85. The number of hydrogen-bond donors (Lipinski definition) is 1. The predicted molar refractivity (Wildman–Crippen MR) is 87.5 cm³/mol. The Hall–Kier alpha value is -1.58. The molecule has 1 N–H and O–H groups in total. The quantitative estimate of drug-likeness (QED) is 0.874. The van der Waals surface area contributed by atoms with Gasteiger partial charge < -0.3 is 14.6 Å². The minimum atomic E-state index is 0.286. The highest BCUT2D eigenvalue weighted by molar-refractivity contribution is 5.24. The van der Waals surface area contributed by atoms with Gasteiger partial charge in [-0.1, -0.05) is 30.3 Å². The highest BCUT2D eigenvalue weighted by Gasteiger charge is 2.17. The van der Waals surface area contributed by atoms with Gasteiger partial charge in [0.1, 0.15) is 11.5 Å². The van der Waals surface area contributed by atoms with Crippen LogP contribution in [0.25, 0.3) is 0 Å². The van der Waals surface area contributed by atoms with Crippen molar-refractivity contribution < 1.29 is 4.42 Å². The minimum Gasteiger partial charge on any atom is -0.466 e. The summed E-state index contributed by atoms with van der Waals surface area (Å²) in [5.74, 6) is 1.98. The molecule has 0 amide bonds. The fraction of sp³-hybridized carbons (Fsp3) is 0.444. The summed E-state index contributed by atoms with van der Waals surface area (Å²) in [7, 11) is 4.24. The van der Waals surface area contributed by atoms with E-state index in [1.165, 1.54) is 11.1 Å². The first-order valence-electron chi connectivity index (χ1n) is 7.50. The largest absolute Gasteiger partial charge is 0.466 e. The number of aryl methyl sites for hydroxylation is 2. The van der Waals surface area contributed by atoms with E-state index < -0.39 is 0 Å². The van der Waals surface area contributed by atoms with Gasteiger partial charge in [0.2, 0.25) is 0 Å². The summed E-state index contributed by atoms with van der Waals surface area (Å²) < 4.78 is 5.62. The van der Waals surface area contributed by atoms with E-state index in [0.29, 0.717) is 6.04 Å². The maximum absolute atomic E-state index is 5.62. The van der Waals surface area contributed by atoms with Gasteiger partial charge in [-0.2, -0.15) is 0 Å². The van der Waals surface area contributed by atoms with Crippen LogP contribution in [0.3, 0.4) is 0 Å². The molecule has 1 aromatic carbocycles. The molecule has 0 spiro atoms. The summed E-state index contributed by atoms with van der Waals surface area (Å²) in [6, 6.07) is 13.4. The summed E-state index contributed by atoms with van der Waals surface area (Å²) in [5, 5.41) is 3.63. The van der Waals surface area contributed by atoms with Gasteiger partial charge in [0.15, 0.2) is 0 Å². The number of furan rings is 1. The van der Waals surface area contributed by atoms with E-state index in [1.807, 2.05) is 13.8 Å². The van der Waals surface area contributed by atoms with E-state index in [9.17, 15) is 0 Å². The van der Waals surface area contributed by atoms with E-state index in [2.05, 4.69) is 67.6 Å². The first-order valence-corrected chi connectivity index (χ1v) is 7.50. The lowest BCUT2D eigenvalue weighted by atomic mass is 10.0. The summed E-state index contributed by atoms with van der Waals surface area (Å²) in [4.78, 5) is 2.25. The molecular weight excluding hydrogens is 260 g/mol. The number of nitrogens with zero attached hydrogens (tertiary/aromatic N) is 1. The van der Waals surface area contributed by atoms with E-state index in [-0.39, 0.29) is 6.04 Å². The summed E-state index contributed by atoms with van der Waals surface area (Å²) in [5.41, 5.74) is 2.58. The Bertz CT molecular complexity index is 560. The number of nitrogens with one attached hydrogen (secondary N) is 1. The molecule has 21 heavy (non-hydrogen) atoms. The molecule has 0 bridgehead atoms. The van der Waals surface area contributed by atoms with Crippen LogP contribution in [0.15, 0.2) is 40.8 Å². The van der Waals surface area contributed by atoms with Crippen molar-refractivity contribution in [1.29, 1.82) is 0 Å². The van der Waals surface area contributed by atoms with Gasteiger partial charge in [0.05, 0.1) is 0 Å². The molecule has 0 radical (unpaired) electrons. The van der Waals surface area contributed by atoms with Gasteiger partial charge >= 0.3 is 0 Å². The molecule has 0 saturated heterocycles. The molecule has 2 aromatic rings. The van der Waals surface area contributed by atoms with Crippen LogP contribution >= 0.6 is 0 Å². The maximum atomic E-state index is 5.62. The average molecular weight is 286 g/mol. The van der Waals surface area contributed by atoms with Gasteiger partial charge in [-0.25, -0.2) is 0 Å².